The van der Waals surface area contributed by atoms with Crippen molar-refractivity contribution in [1.82, 2.24) is 0 Å². The molecule has 0 aromatic carbocycles. The third kappa shape index (κ3) is 11.3. The van der Waals surface area contributed by atoms with Crippen LogP contribution in [0.4, 0.5) is 0 Å². The van der Waals surface area contributed by atoms with Crippen LogP contribution < -0.4 is 0 Å². The molecule has 5 heteroatoms. The number of rotatable bonds is 14. The minimum atomic E-state index is -3.00. The average Bonchev–Trinajstić information content (AvgIpc) is 2.43. The fraction of sp³-hybridized carbons (Fsp3) is 1.00. The molecule has 21 heavy (non-hydrogen) atoms. The van der Waals surface area contributed by atoms with Crippen molar-refractivity contribution >= 4 is 9.05 Å². The summed E-state index contributed by atoms with van der Waals surface area (Å²) in [6.45, 7) is 15.3. The maximum Gasteiger partial charge on any atom is 0.679 e. The quantitative estimate of drug-likeness (QED) is 0.351. The number of unbranched alkanes of at least 4 members (excludes halogenated alkanes) is 2. The maximum atomic E-state index is 6.01. The fourth-order valence-corrected chi connectivity index (χ4v) is 3.83. The summed E-state index contributed by atoms with van der Waals surface area (Å²) >= 11 is 0. The van der Waals surface area contributed by atoms with E-state index in [-0.39, 0.29) is 0 Å². The largest absolute Gasteiger partial charge is 0.679 e. The van der Waals surface area contributed by atoms with Crippen molar-refractivity contribution in [2.45, 2.75) is 67.2 Å². The SMILES string of the molecule is CCCCO[Si](OCCCC)(OCC(C)C)OCC(C)C. The van der Waals surface area contributed by atoms with Gasteiger partial charge in [0.05, 0.1) is 0 Å². The molecule has 0 amide bonds. The van der Waals surface area contributed by atoms with Crippen LogP contribution in [-0.4, -0.2) is 35.5 Å². The van der Waals surface area contributed by atoms with Crippen LogP contribution in [0.5, 0.6) is 0 Å². The van der Waals surface area contributed by atoms with Crippen LogP contribution in [0.25, 0.3) is 0 Å². The van der Waals surface area contributed by atoms with E-state index in [1.54, 1.807) is 0 Å². The molecule has 0 aromatic rings. The van der Waals surface area contributed by atoms with E-state index in [1.165, 1.54) is 0 Å². The Morgan fingerprint density at radius 3 is 1.33 bits per heavy atom. The van der Waals surface area contributed by atoms with Gasteiger partial charge < -0.3 is 17.7 Å². The van der Waals surface area contributed by atoms with E-state index in [4.69, 9.17) is 17.7 Å². The summed E-state index contributed by atoms with van der Waals surface area (Å²) in [6.07, 6.45) is 4.19. The molecule has 0 N–H and O–H groups in total. The van der Waals surface area contributed by atoms with Gasteiger partial charge in [0.25, 0.3) is 0 Å². The molecule has 0 spiro atoms. The molecule has 4 nitrogen and oxygen atoms in total. The van der Waals surface area contributed by atoms with Gasteiger partial charge in [0.1, 0.15) is 0 Å². The first kappa shape index (κ1) is 21.1. The Labute approximate surface area is 133 Å². The van der Waals surface area contributed by atoms with Gasteiger partial charge in [-0.25, -0.2) is 0 Å². The minimum absolute atomic E-state index is 0.434. The van der Waals surface area contributed by atoms with Gasteiger partial charge in [-0.05, 0) is 24.7 Å². The van der Waals surface area contributed by atoms with E-state index in [0.29, 0.717) is 38.3 Å². The van der Waals surface area contributed by atoms with Gasteiger partial charge >= 0.3 is 9.05 Å². The van der Waals surface area contributed by atoms with Crippen molar-refractivity contribution < 1.29 is 17.7 Å². The third-order valence-corrected chi connectivity index (χ3v) is 4.90. The van der Waals surface area contributed by atoms with Gasteiger partial charge in [-0.2, -0.15) is 0 Å². The molecule has 0 aliphatic carbocycles. The zero-order chi connectivity index (χ0) is 16.1. The lowest BCUT2D eigenvalue weighted by molar-refractivity contribution is -0.0450. The van der Waals surface area contributed by atoms with Gasteiger partial charge in [-0.15, -0.1) is 0 Å². The monoisotopic (exact) mass is 320 g/mol. The Morgan fingerprint density at radius 1 is 0.667 bits per heavy atom. The Bertz CT molecular complexity index is 210. The minimum Gasteiger partial charge on any atom is -0.351 e. The Hall–Kier alpha value is 0.0569. The molecule has 0 unspecified atom stereocenters. The highest BCUT2D eigenvalue weighted by Crippen LogP contribution is 2.17. The van der Waals surface area contributed by atoms with Crippen molar-refractivity contribution in [3.8, 4) is 0 Å². The van der Waals surface area contributed by atoms with Crippen molar-refractivity contribution in [2.24, 2.45) is 11.8 Å². The van der Waals surface area contributed by atoms with E-state index in [1.807, 2.05) is 0 Å². The van der Waals surface area contributed by atoms with Crippen LogP contribution in [0.3, 0.4) is 0 Å². The molecule has 0 heterocycles. The first-order chi connectivity index (χ1) is 9.95. The average molecular weight is 321 g/mol. The first-order valence-corrected chi connectivity index (χ1v) is 10.1. The summed E-state index contributed by atoms with van der Waals surface area (Å²) in [5, 5.41) is 0. The van der Waals surface area contributed by atoms with Crippen LogP contribution in [0.2, 0.25) is 0 Å². The summed E-state index contributed by atoms with van der Waals surface area (Å²) in [7, 11) is -3.00. The van der Waals surface area contributed by atoms with Gasteiger partial charge in [0.2, 0.25) is 0 Å². The predicted molar refractivity (Wildman–Crippen MR) is 89.1 cm³/mol. The molecule has 128 valence electrons. The Morgan fingerprint density at radius 2 is 1.05 bits per heavy atom. The Balaban J connectivity index is 4.68. The van der Waals surface area contributed by atoms with E-state index in [2.05, 4.69) is 41.5 Å². The smallest absolute Gasteiger partial charge is 0.351 e. The molecular formula is C16H36O4Si. The summed E-state index contributed by atoms with van der Waals surface area (Å²) in [5.74, 6) is 0.869. The zero-order valence-corrected chi connectivity index (χ0v) is 15.9. The van der Waals surface area contributed by atoms with E-state index >= 15 is 0 Å². The maximum absolute atomic E-state index is 6.01. The lowest BCUT2D eigenvalue weighted by Crippen LogP contribution is -2.51. The van der Waals surface area contributed by atoms with Crippen LogP contribution in [-0.2, 0) is 17.7 Å². The number of hydrogen-bond donors (Lipinski definition) is 0. The second kappa shape index (κ2) is 12.6. The predicted octanol–water partition coefficient (Wildman–Crippen LogP) is 4.40. The standard InChI is InChI=1S/C16H36O4Si/c1-7-9-11-17-21(18-12-10-8-2,19-13-15(3)4)20-14-16(5)6/h15-16H,7-14H2,1-6H3. The molecule has 0 aliphatic heterocycles. The van der Waals surface area contributed by atoms with Crippen molar-refractivity contribution in [3.63, 3.8) is 0 Å². The van der Waals surface area contributed by atoms with Crippen LogP contribution >= 0.6 is 0 Å². The first-order valence-electron chi connectivity index (χ1n) is 8.51. The molecule has 0 saturated heterocycles. The van der Waals surface area contributed by atoms with Crippen LogP contribution in [0.1, 0.15) is 67.2 Å². The van der Waals surface area contributed by atoms with E-state index < -0.39 is 9.05 Å². The highest BCUT2D eigenvalue weighted by Gasteiger charge is 2.46. The Kier molecular flexibility index (Phi) is 12.6. The van der Waals surface area contributed by atoms with Gasteiger partial charge in [-0.1, -0.05) is 54.4 Å². The lowest BCUT2D eigenvalue weighted by atomic mass is 10.2. The summed E-state index contributed by atoms with van der Waals surface area (Å²) in [5.41, 5.74) is 0. The second-order valence-electron chi connectivity index (χ2n) is 6.31. The zero-order valence-electron chi connectivity index (χ0n) is 14.9. The lowest BCUT2D eigenvalue weighted by Gasteiger charge is -2.29. The summed E-state index contributed by atoms with van der Waals surface area (Å²) in [4.78, 5) is 0. The molecule has 0 aliphatic rings. The van der Waals surface area contributed by atoms with Gasteiger partial charge in [0, 0.05) is 26.4 Å². The van der Waals surface area contributed by atoms with E-state index in [9.17, 15) is 0 Å². The fourth-order valence-electron chi connectivity index (χ4n) is 1.47. The normalized spacial score (nSPS) is 12.6. The molecular weight excluding hydrogens is 284 g/mol. The molecule has 0 radical (unpaired) electrons. The third-order valence-electron chi connectivity index (χ3n) is 2.74. The van der Waals surface area contributed by atoms with Crippen molar-refractivity contribution in [1.29, 1.82) is 0 Å². The van der Waals surface area contributed by atoms with Crippen molar-refractivity contribution in [3.05, 3.63) is 0 Å². The molecule has 0 bridgehead atoms. The van der Waals surface area contributed by atoms with Crippen LogP contribution in [0, 0.1) is 11.8 Å². The topological polar surface area (TPSA) is 36.9 Å². The molecule has 0 aromatic heterocycles. The summed E-state index contributed by atoms with van der Waals surface area (Å²) < 4.78 is 24.0. The highest BCUT2D eigenvalue weighted by molar-refractivity contribution is 6.53. The second-order valence-corrected chi connectivity index (χ2v) is 8.47. The molecule has 0 rings (SSSR count). The molecule has 0 saturated carbocycles. The highest BCUT2D eigenvalue weighted by atomic mass is 28.4. The molecule has 0 fully saturated rings. The van der Waals surface area contributed by atoms with E-state index in [0.717, 1.165) is 25.7 Å². The summed E-state index contributed by atoms with van der Waals surface area (Å²) in [6, 6.07) is 0. The van der Waals surface area contributed by atoms with Gasteiger partial charge in [-0.3, -0.25) is 0 Å². The van der Waals surface area contributed by atoms with Gasteiger partial charge in [0.15, 0.2) is 0 Å². The molecule has 0 atom stereocenters. The number of hydrogen-bond acceptors (Lipinski definition) is 4. The van der Waals surface area contributed by atoms with Crippen molar-refractivity contribution in [2.75, 3.05) is 26.4 Å². The van der Waals surface area contributed by atoms with Crippen LogP contribution in [0.15, 0.2) is 0 Å².